The average molecular weight is 482 g/mol. The number of ether oxygens (including phenoxy) is 1. The summed E-state index contributed by atoms with van der Waals surface area (Å²) in [7, 11) is 3.47. The minimum Gasteiger partial charge on any atom is -0.493 e. The van der Waals surface area contributed by atoms with Crippen LogP contribution in [0.1, 0.15) is 62.5 Å². The zero-order valence-electron chi connectivity index (χ0n) is 20.8. The quantitative estimate of drug-likeness (QED) is 0.340. The van der Waals surface area contributed by atoms with Crippen molar-refractivity contribution in [3.8, 4) is 17.0 Å². The number of rotatable bonds is 7. The van der Waals surface area contributed by atoms with E-state index in [9.17, 15) is 8.78 Å². The van der Waals surface area contributed by atoms with Crippen LogP contribution in [0.25, 0.3) is 27.8 Å². The Morgan fingerprint density at radius 2 is 1.94 bits per heavy atom. The highest BCUT2D eigenvalue weighted by Gasteiger charge is 2.27. The molecule has 0 saturated heterocycles. The molecule has 5 rings (SSSR count). The maximum atomic E-state index is 12.8. The van der Waals surface area contributed by atoms with Crippen LogP contribution in [0.15, 0.2) is 36.8 Å². The fraction of sp³-hybridized carbons (Fsp3) is 0.481. The minimum atomic E-state index is -2.28. The van der Waals surface area contributed by atoms with Crippen molar-refractivity contribution >= 4 is 16.6 Å². The van der Waals surface area contributed by atoms with Crippen molar-refractivity contribution in [2.75, 3.05) is 20.7 Å². The van der Waals surface area contributed by atoms with Crippen molar-refractivity contribution in [1.29, 1.82) is 0 Å². The van der Waals surface area contributed by atoms with Gasteiger partial charge in [-0.05, 0) is 73.9 Å². The molecule has 0 atom stereocenters. The first-order valence-corrected chi connectivity index (χ1v) is 12.4. The van der Waals surface area contributed by atoms with Gasteiger partial charge in [0.2, 0.25) is 0 Å². The van der Waals surface area contributed by atoms with Crippen LogP contribution in [-0.4, -0.2) is 57.7 Å². The van der Waals surface area contributed by atoms with Crippen molar-refractivity contribution in [2.24, 2.45) is 0 Å². The Kier molecular flexibility index (Phi) is 6.49. The maximum Gasteiger partial charge on any atom is 0.251 e. The Morgan fingerprint density at radius 1 is 1.17 bits per heavy atom. The predicted molar refractivity (Wildman–Crippen MR) is 135 cm³/mol. The van der Waals surface area contributed by atoms with Gasteiger partial charge in [0.05, 0.1) is 19.3 Å². The van der Waals surface area contributed by atoms with E-state index < -0.39 is 6.43 Å². The van der Waals surface area contributed by atoms with Crippen LogP contribution in [0.3, 0.4) is 0 Å². The number of aromatic nitrogens is 4. The molecule has 1 aliphatic carbocycles. The summed E-state index contributed by atoms with van der Waals surface area (Å²) in [5.41, 5.74) is 6.48. The molecule has 186 valence electrons. The summed E-state index contributed by atoms with van der Waals surface area (Å²) >= 11 is 0. The van der Waals surface area contributed by atoms with Gasteiger partial charge in [0.1, 0.15) is 6.33 Å². The van der Waals surface area contributed by atoms with E-state index in [2.05, 4.69) is 47.1 Å². The molecule has 0 radical (unpaired) electrons. The predicted octanol–water partition coefficient (Wildman–Crippen LogP) is 6.23. The van der Waals surface area contributed by atoms with Crippen LogP contribution in [0.5, 0.6) is 5.75 Å². The summed E-state index contributed by atoms with van der Waals surface area (Å²) in [5.74, 6) is 1.45. The van der Waals surface area contributed by atoms with Crippen molar-refractivity contribution in [1.82, 2.24) is 24.5 Å². The first kappa shape index (κ1) is 23.7. The zero-order chi connectivity index (χ0) is 24.7. The van der Waals surface area contributed by atoms with Gasteiger partial charge in [-0.1, -0.05) is 19.9 Å². The Balaban J connectivity index is 1.47. The van der Waals surface area contributed by atoms with Gasteiger partial charge in [0, 0.05) is 28.7 Å². The molecule has 1 aliphatic rings. The monoisotopic (exact) mass is 481 g/mol. The van der Waals surface area contributed by atoms with Crippen molar-refractivity contribution in [3.63, 3.8) is 0 Å². The third-order valence-corrected chi connectivity index (χ3v) is 7.51. The molecule has 8 heteroatoms. The molecular weight excluding hydrogens is 448 g/mol. The molecule has 6 nitrogen and oxygen atoms in total. The van der Waals surface area contributed by atoms with Crippen molar-refractivity contribution in [2.45, 2.75) is 63.8 Å². The second kappa shape index (κ2) is 9.57. The zero-order valence-corrected chi connectivity index (χ0v) is 20.8. The Labute approximate surface area is 204 Å². The van der Waals surface area contributed by atoms with Crippen LogP contribution >= 0.6 is 0 Å². The van der Waals surface area contributed by atoms with E-state index in [0.29, 0.717) is 23.2 Å². The summed E-state index contributed by atoms with van der Waals surface area (Å²) in [6, 6.07) is 9.00. The average Bonchev–Trinajstić information content (AvgIpc) is 3.47. The number of hydrogen-bond donors (Lipinski definition) is 1. The highest BCUT2D eigenvalue weighted by molar-refractivity contribution is 5.92. The Morgan fingerprint density at radius 3 is 2.63 bits per heavy atom. The molecule has 4 aromatic rings. The summed E-state index contributed by atoms with van der Waals surface area (Å²) in [4.78, 5) is 9.77. The summed E-state index contributed by atoms with van der Waals surface area (Å²) in [6.45, 7) is 4.29. The Hall–Kier alpha value is -3.00. The summed E-state index contributed by atoms with van der Waals surface area (Å²) < 4.78 is 32.9. The lowest BCUT2D eigenvalue weighted by molar-refractivity contribution is 0.0689. The van der Waals surface area contributed by atoms with Gasteiger partial charge in [-0.25, -0.2) is 18.3 Å². The Bertz CT molecular complexity index is 1320. The number of benzene rings is 1. The molecule has 35 heavy (non-hydrogen) atoms. The normalized spacial score (nSPS) is 19.0. The first-order valence-electron chi connectivity index (χ1n) is 12.4. The van der Waals surface area contributed by atoms with Crippen LogP contribution in [-0.2, 0) is 0 Å². The molecule has 0 amide bonds. The van der Waals surface area contributed by atoms with Gasteiger partial charge in [-0.15, -0.1) is 0 Å². The van der Waals surface area contributed by atoms with E-state index >= 15 is 0 Å². The minimum absolute atomic E-state index is 0.143. The van der Waals surface area contributed by atoms with E-state index in [-0.39, 0.29) is 12.6 Å². The molecule has 0 unspecified atom stereocenters. The summed E-state index contributed by atoms with van der Waals surface area (Å²) in [5, 5.41) is 5.56. The molecular formula is C27H33F2N5O. The van der Waals surface area contributed by atoms with Gasteiger partial charge < -0.3 is 9.72 Å². The molecule has 3 aromatic heterocycles. The van der Waals surface area contributed by atoms with Crippen LogP contribution in [0.2, 0.25) is 0 Å². The number of halogens is 2. The number of aromatic amines is 1. The number of nitrogens with zero attached hydrogens (tertiary/aromatic N) is 4. The van der Waals surface area contributed by atoms with Gasteiger partial charge in [0.15, 0.2) is 11.4 Å². The molecule has 1 saturated carbocycles. The second-order valence-corrected chi connectivity index (χ2v) is 10.0. The number of nitrogens with one attached hydrogen (secondary N) is 1. The highest BCUT2D eigenvalue weighted by atomic mass is 19.3. The van der Waals surface area contributed by atoms with Gasteiger partial charge in [-0.2, -0.15) is 5.10 Å². The number of fused-ring (bicyclic) bond motifs is 2. The lowest BCUT2D eigenvalue weighted by Gasteiger charge is -2.34. The lowest BCUT2D eigenvalue weighted by atomic mass is 9.80. The first-order chi connectivity index (χ1) is 16.9. The fourth-order valence-corrected chi connectivity index (χ4v) is 5.71. The van der Waals surface area contributed by atoms with E-state index in [0.717, 1.165) is 42.5 Å². The number of hydrogen-bond acceptors (Lipinski definition) is 4. The van der Waals surface area contributed by atoms with Gasteiger partial charge in [-0.3, -0.25) is 4.90 Å². The fourth-order valence-electron chi connectivity index (χ4n) is 5.71. The molecule has 0 bridgehead atoms. The van der Waals surface area contributed by atoms with Crippen molar-refractivity contribution < 1.29 is 13.5 Å². The number of pyridine rings is 1. The highest BCUT2D eigenvalue weighted by Crippen LogP contribution is 2.40. The van der Waals surface area contributed by atoms with E-state index in [1.165, 1.54) is 22.8 Å². The molecule has 1 N–H and O–H groups in total. The largest absolute Gasteiger partial charge is 0.493 e. The van der Waals surface area contributed by atoms with E-state index in [4.69, 9.17) is 4.74 Å². The standard InChI is InChI=1S/C27H33F2N5O/c1-16(2)25-21-11-18(17-5-8-20(9-6-17)33(3)14-24(28)29)7-10-22(21)32-26(25)19-12-23(35-4)27-30-15-31-34(27)13-19/h7,10-13,15-17,20,24,32H,5-6,8-9,14H2,1-4H3. The molecule has 3 heterocycles. The van der Waals surface area contributed by atoms with Crippen LogP contribution in [0.4, 0.5) is 8.78 Å². The number of alkyl halides is 2. The molecule has 1 aromatic carbocycles. The number of H-pyrrole nitrogens is 1. The molecule has 1 fully saturated rings. The molecule has 0 aliphatic heterocycles. The van der Waals surface area contributed by atoms with Crippen molar-refractivity contribution in [3.05, 3.63) is 47.9 Å². The summed E-state index contributed by atoms with van der Waals surface area (Å²) in [6.07, 6.45) is 5.21. The van der Waals surface area contributed by atoms with Crippen LogP contribution in [0, 0.1) is 0 Å². The molecule has 0 spiro atoms. The second-order valence-electron chi connectivity index (χ2n) is 10.0. The number of methoxy groups -OCH3 is 1. The SMILES string of the molecule is COc1cc(-c2[nH]c3ccc(C4CCC(N(C)CC(F)F)CC4)cc3c2C(C)C)cn2ncnc12. The smallest absolute Gasteiger partial charge is 0.251 e. The van der Waals surface area contributed by atoms with Gasteiger partial charge >= 0.3 is 0 Å². The maximum absolute atomic E-state index is 12.8. The van der Waals surface area contributed by atoms with Gasteiger partial charge in [0.25, 0.3) is 6.43 Å². The van der Waals surface area contributed by atoms with E-state index in [1.54, 1.807) is 11.6 Å². The third-order valence-electron chi connectivity index (χ3n) is 7.51. The topological polar surface area (TPSA) is 58.5 Å². The lowest BCUT2D eigenvalue weighted by Crippen LogP contribution is -2.37. The van der Waals surface area contributed by atoms with Crippen LogP contribution < -0.4 is 4.74 Å². The van der Waals surface area contributed by atoms with E-state index in [1.807, 2.05) is 24.2 Å². The third kappa shape index (κ3) is 4.51.